The molecule has 1 heterocycles. The van der Waals surface area contributed by atoms with Gasteiger partial charge in [-0.1, -0.05) is 17.7 Å². The number of fused-ring (bicyclic) bond motifs is 2. The first-order chi connectivity index (χ1) is 10.4. The zero-order valence-corrected chi connectivity index (χ0v) is 12.9. The summed E-state index contributed by atoms with van der Waals surface area (Å²) in [4.78, 5) is 24.0. The van der Waals surface area contributed by atoms with Crippen LogP contribution in [0.2, 0.25) is 5.02 Å². The number of aliphatic carboxylic acids is 1. The molecule has 0 amide bonds. The van der Waals surface area contributed by atoms with Gasteiger partial charge in [0.1, 0.15) is 6.54 Å². The van der Waals surface area contributed by atoms with Crippen molar-refractivity contribution in [3.8, 4) is 0 Å². The van der Waals surface area contributed by atoms with E-state index in [2.05, 4.69) is 0 Å². The molecular formula is C17H14ClNO3. The summed E-state index contributed by atoms with van der Waals surface area (Å²) in [5.41, 5.74) is 2.75. The molecule has 22 heavy (non-hydrogen) atoms. The molecule has 1 N–H and O–H groups in total. The lowest BCUT2D eigenvalue weighted by Gasteiger charge is -2.15. The van der Waals surface area contributed by atoms with Crippen molar-refractivity contribution in [2.24, 2.45) is 0 Å². The Labute approximate surface area is 131 Å². The normalized spacial score (nSPS) is 11.2. The van der Waals surface area contributed by atoms with E-state index in [1.54, 1.807) is 22.8 Å². The van der Waals surface area contributed by atoms with Crippen LogP contribution in [0.15, 0.2) is 35.1 Å². The van der Waals surface area contributed by atoms with E-state index in [1.165, 1.54) is 0 Å². The first kappa shape index (κ1) is 14.6. The van der Waals surface area contributed by atoms with Gasteiger partial charge in [-0.15, -0.1) is 0 Å². The molecule has 3 rings (SSSR count). The molecule has 0 unspecified atom stereocenters. The first-order valence-electron chi connectivity index (χ1n) is 6.83. The van der Waals surface area contributed by atoms with Gasteiger partial charge in [0.05, 0.1) is 16.1 Å². The van der Waals surface area contributed by atoms with Gasteiger partial charge in [-0.3, -0.25) is 9.59 Å². The zero-order chi connectivity index (χ0) is 16.0. The lowest BCUT2D eigenvalue weighted by Crippen LogP contribution is -2.16. The number of carbonyl (C=O) groups is 1. The third kappa shape index (κ3) is 2.25. The Kier molecular flexibility index (Phi) is 3.41. The number of carboxylic acids is 1. The molecule has 0 atom stereocenters. The summed E-state index contributed by atoms with van der Waals surface area (Å²) >= 11 is 6.31. The van der Waals surface area contributed by atoms with Crippen molar-refractivity contribution in [3.05, 3.63) is 56.7 Å². The van der Waals surface area contributed by atoms with Crippen molar-refractivity contribution < 1.29 is 9.90 Å². The van der Waals surface area contributed by atoms with Gasteiger partial charge in [-0.2, -0.15) is 0 Å². The Morgan fingerprint density at radius 3 is 2.55 bits per heavy atom. The lowest BCUT2D eigenvalue weighted by atomic mass is 10.1. The molecule has 3 aromatic rings. The van der Waals surface area contributed by atoms with E-state index in [0.29, 0.717) is 26.8 Å². The van der Waals surface area contributed by atoms with Crippen LogP contribution >= 0.6 is 11.6 Å². The van der Waals surface area contributed by atoms with Gasteiger partial charge in [0.2, 0.25) is 0 Å². The van der Waals surface area contributed by atoms with Crippen LogP contribution in [0.3, 0.4) is 0 Å². The molecule has 112 valence electrons. The molecule has 0 radical (unpaired) electrons. The number of halogens is 1. The third-order valence-electron chi connectivity index (χ3n) is 3.70. The Balaban J connectivity index is 2.63. The van der Waals surface area contributed by atoms with Crippen LogP contribution in [-0.2, 0) is 11.3 Å². The standard InChI is InChI=1S/C17H14ClNO3/c1-9-3-4-11-14(7-9)19(8-15(20)21)16-12(17(11)22)5-10(2)6-13(16)18/h3-7H,8H2,1-2H3,(H,20,21). The van der Waals surface area contributed by atoms with Gasteiger partial charge in [0.15, 0.2) is 5.43 Å². The second kappa shape index (κ2) is 5.14. The minimum absolute atomic E-state index is 0.128. The van der Waals surface area contributed by atoms with Crippen molar-refractivity contribution in [3.63, 3.8) is 0 Å². The van der Waals surface area contributed by atoms with Crippen molar-refractivity contribution in [2.45, 2.75) is 20.4 Å². The molecule has 1 aromatic heterocycles. The smallest absolute Gasteiger partial charge is 0.323 e. The number of rotatable bonds is 2. The maximum absolute atomic E-state index is 12.7. The predicted octanol–water partition coefficient (Wildman–Crippen LogP) is 3.51. The minimum atomic E-state index is -0.982. The van der Waals surface area contributed by atoms with E-state index in [1.807, 2.05) is 26.0 Å². The number of pyridine rings is 1. The number of hydrogen-bond donors (Lipinski definition) is 1. The fourth-order valence-corrected chi connectivity index (χ4v) is 3.18. The van der Waals surface area contributed by atoms with Gasteiger partial charge in [0, 0.05) is 10.8 Å². The summed E-state index contributed by atoms with van der Waals surface area (Å²) in [6, 6.07) is 8.89. The molecule has 0 saturated carbocycles. The number of benzene rings is 2. The van der Waals surface area contributed by atoms with Crippen LogP contribution in [-0.4, -0.2) is 15.6 Å². The highest BCUT2D eigenvalue weighted by atomic mass is 35.5. The van der Waals surface area contributed by atoms with Crippen LogP contribution in [0.25, 0.3) is 21.8 Å². The second-order valence-corrected chi connectivity index (χ2v) is 5.88. The molecule has 0 bridgehead atoms. The second-order valence-electron chi connectivity index (χ2n) is 5.47. The van der Waals surface area contributed by atoms with Crippen LogP contribution in [0.1, 0.15) is 11.1 Å². The maximum atomic E-state index is 12.7. The highest BCUT2D eigenvalue weighted by Gasteiger charge is 2.15. The number of nitrogens with zero attached hydrogens (tertiary/aromatic N) is 1. The molecule has 0 aliphatic rings. The monoisotopic (exact) mass is 315 g/mol. The summed E-state index contributed by atoms with van der Waals surface area (Å²) in [5.74, 6) is -0.982. The largest absolute Gasteiger partial charge is 0.480 e. The molecule has 5 heteroatoms. The number of hydrogen-bond acceptors (Lipinski definition) is 2. The molecule has 0 aliphatic heterocycles. The highest BCUT2D eigenvalue weighted by Crippen LogP contribution is 2.27. The first-order valence-corrected chi connectivity index (χ1v) is 7.21. The van der Waals surface area contributed by atoms with Gasteiger partial charge >= 0.3 is 5.97 Å². The average Bonchev–Trinajstić information content (AvgIpc) is 2.42. The molecule has 0 aliphatic carbocycles. The molecule has 2 aromatic carbocycles. The van der Waals surface area contributed by atoms with Crippen molar-refractivity contribution >= 4 is 39.4 Å². The lowest BCUT2D eigenvalue weighted by molar-refractivity contribution is -0.137. The third-order valence-corrected chi connectivity index (χ3v) is 3.99. The zero-order valence-electron chi connectivity index (χ0n) is 12.2. The molecule has 4 nitrogen and oxygen atoms in total. The number of carboxylic acid groups (broad SMARTS) is 1. The Morgan fingerprint density at radius 2 is 1.86 bits per heavy atom. The van der Waals surface area contributed by atoms with Crippen LogP contribution < -0.4 is 5.43 Å². The topological polar surface area (TPSA) is 59.3 Å². The van der Waals surface area contributed by atoms with Gasteiger partial charge < -0.3 is 9.67 Å². The van der Waals surface area contributed by atoms with Crippen LogP contribution in [0.5, 0.6) is 0 Å². The minimum Gasteiger partial charge on any atom is -0.480 e. The Hall–Kier alpha value is -2.33. The summed E-state index contributed by atoms with van der Waals surface area (Å²) in [5, 5.41) is 10.6. The molecular weight excluding hydrogens is 302 g/mol. The summed E-state index contributed by atoms with van der Waals surface area (Å²) in [6.07, 6.45) is 0. The Bertz CT molecular complexity index is 989. The molecule has 0 fully saturated rings. The van der Waals surface area contributed by atoms with Crippen LogP contribution in [0.4, 0.5) is 0 Å². The van der Waals surface area contributed by atoms with E-state index < -0.39 is 5.97 Å². The van der Waals surface area contributed by atoms with Crippen molar-refractivity contribution in [1.82, 2.24) is 4.57 Å². The highest BCUT2D eigenvalue weighted by molar-refractivity contribution is 6.35. The van der Waals surface area contributed by atoms with E-state index in [0.717, 1.165) is 11.1 Å². The van der Waals surface area contributed by atoms with E-state index in [-0.39, 0.29) is 12.0 Å². The number of aromatic nitrogens is 1. The van der Waals surface area contributed by atoms with Gasteiger partial charge in [-0.05, 0) is 49.2 Å². The fraction of sp³-hybridized carbons (Fsp3) is 0.176. The SMILES string of the molecule is Cc1cc(Cl)c2c(c1)c(=O)c1ccc(C)cc1n2CC(=O)O. The van der Waals surface area contributed by atoms with E-state index >= 15 is 0 Å². The molecule has 0 saturated heterocycles. The Morgan fingerprint density at radius 1 is 1.14 bits per heavy atom. The van der Waals surface area contributed by atoms with E-state index in [9.17, 15) is 14.7 Å². The summed E-state index contributed by atoms with van der Waals surface area (Å²) in [7, 11) is 0. The quantitative estimate of drug-likeness (QED) is 0.736. The fourth-order valence-electron chi connectivity index (χ4n) is 2.80. The summed E-state index contributed by atoms with van der Waals surface area (Å²) in [6.45, 7) is 3.50. The number of aryl methyl sites for hydroxylation is 2. The molecule has 0 spiro atoms. The average molecular weight is 316 g/mol. The van der Waals surface area contributed by atoms with Gasteiger partial charge in [0.25, 0.3) is 0 Å². The van der Waals surface area contributed by atoms with E-state index in [4.69, 9.17) is 11.6 Å². The van der Waals surface area contributed by atoms with Crippen molar-refractivity contribution in [2.75, 3.05) is 0 Å². The van der Waals surface area contributed by atoms with Crippen molar-refractivity contribution in [1.29, 1.82) is 0 Å². The summed E-state index contributed by atoms with van der Waals surface area (Å²) < 4.78 is 1.60. The maximum Gasteiger partial charge on any atom is 0.323 e. The predicted molar refractivity (Wildman–Crippen MR) is 87.8 cm³/mol. The van der Waals surface area contributed by atoms with Gasteiger partial charge in [-0.25, -0.2) is 0 Å². The van der Waals surface area contributed by atoms with Crippen LogP contribution in [0, 0.1) is 13.8 Å².